The van der Waals surface area contributed by atoms with E-state index in [-0.39, 0.29) is 0 Å². The van der Waals surface area contributed by atoms with Crippen LogP contribution in [0.3, 0.4) is 0 Å². The smallest absolute Gasteiger partial charge is 0.0624 e. The zero-order valence-electron chi connectivity index (χ0n) is 7.29. The maximum atomic E-state index is 8.65. The minimum atomic E-state index is 0.630. The summed E-state index contributed by atoms with van der Waals surface area (Å²) in [5.41, 5.74) is 1.42. The maximum Gasteiger partial charge on any atom is 0.0624 e. The highest BCUT2D eigenvalue weighted by atomic mass is 14.8. The quantitative estimate of drug-likeness (QED) is 0.582. The summed E-state index contributed by atoms with van der Waals surface area (Å²) >= 11 is 0. The van der Waals surface area contributed by atoms with Gasteiger partial charge >= 0.3 is 0 Å². The molecule has 2 rings (SSSR count). The highest BCUT2D eigenvalue weighted by Crippen LogP contribution is 2.35. The molecule has 1 fully saturated rings. The molecule has 64 valence electrons. The van der Waals surface area contributed by atoms with E-state index in [0.717, 1.165) is 13.0 Å². The van der Waals surface area contributed by atoms with Crippen molar-refractivity contribution in [2.24, 2.45) is 16.8 Å². The van der Waals surface area contributed by atoms with Gasteiger partial charge in [0.1, 0.15) is 0 Å². The van der Waals surface area contributed by atoms with E-state index >= 15 is 0 Å². The molecule has 0 saturated heterocycles. The van der Waals surface area contributed by atoms with E-state index in [0.29, 0.717) is 11.8 Å². The fourth-order valence-electron chi connectivity index (χ4n) is 2.51. The molecule has 1 aliphatic heterocycles. The number of rotatable bonds is 1. The second kappa shape index (κ2) is 3.26. The molecular weight excluding hydrogens is 148 g/mol. The topological polar surface area (TPSA) is 36.1 Å². The van der Waals surface area contributed by atoms with Crippen molar-refractivity contribution in [3.05, 3.63) is 0 Å². The molecule has 0 spiro atoms. The Morgan fingerprint density at radius 2 is 2.42 bits per heavy atom. The molecular formula is C10H14N2. The van der Waals surface area contributed by atoms with Crippen LogP contribution in [-0.2, 0) is 0 Å². The van der Waals surface area contributed by atoms with Gasteiger partial charge in [0.2, 0.25) is 0 Å². The van der Waals surface area contributed by atoms with Gasteiger partial charge in [-0.15, -0.1) is 0 Å². The van der Waals surface area contributed by atoms with Gasteiger partial charge in [0.15, 0.2) is 0 Å². The van der Waals surface area contributed by atoms with Crippen molar-refractivity contribution in [3.8, 4) is 6.07 Å². The van der Waals surface area contributed by atoms with E-state index in [1.54, 1.807) is 0 Å². The molecule has 1 aliphatic carbocycles. The van der Waals surface area contributed by atoms with E-state index in [2.05, 4.69) is 11.1 Å². The number of hydrogen-bond acceptors (Lipinski definition) is 2. The van der Waals surface area contributed by atoms with Gasteiger partial charge in [0, 0.05) is 24.6 Å². The first-order valence-electron chi connectivity index (χ1n) is 4.82. The Kier molecular flexibility index (Phi) is 2.12. The summed E-state index contributed by atoms with van der Waals surface area (Å²) in [6.45, 7) is 1.02. The Bertz CT molecular complexity index is 237. The first-order valence-corrected chi connectivity index (χ1v) is 4.82. The predicted molar refractivity (Wildman–Crippen MR) is 48.0 cm³/mol. The number of hydrogen-bond donors (Lipinski definition) is 0. The molecule has 0 aromatic rings. The molecule has 2 nitrogen and oxygen atoms in total. The molecule has 0 amide bonds. The van der Waals surface area contributed by atoms with Crippen LogP contribution in [0.15, 0.2) is 4.99 Å². The van der Waals surface area contributed by atoms with Crippen molar-refractivity contribution in [3.63, 3.8) is 0 Å². The number of nitrogens with zero attached hydrogens (tertiary/aromatic N) is 2. The van der Waals surface area contributed by atoms with Gasteiger partial charge in [0.05, 0.1) is 6.07 Å². The molecule has 0 unspecified atom stereocenters. The number of aliphatic imine (C=N–C) groups is 1. The third-order valence-electron chi connectivity index (χ3n) is 3.11. The molecule has 0 N–H and O–H groups in total. The zero-order chi connectivity index (χ0) is 8.39. The van der Waals surface area contributed by atoms with Crippen LogP contribution in [0.2, 0.25) is 0 Å². The van der Waals surface area contributed by atoms with Crippen LogP contribution < -0.4 is 0 Å². The summed E-state index contributed by atoms with van der Waals surface area (Å²) in [5.74, 6) is 1.31. The lowest BCUT2D eigenvalue weighted by Crippen LogP contribution is -2.25. The Balaban J connectivity index is 2.06. The molecule has 2 aliphatic rings. The molecule has 0 radical (unpaired) electrons. The highest BCUT2D eigenvalue weighted by Gasteiger charge is 2.31. The van der Waals surface area contributed by atoms with Gasteiger partial charge in [-0.1, -0.05) is 0 Å². The third-order valence-corrected chi connectivity index (χ3v) is 3.11. The van der Waals surface area contributed by atoms with Gasteiger partial charge < -0.3 is 0 Å². The first kappa shape index (κ1) is 7.79. The van der Waals surface area contributed by atoms with Gasteiger partial charge in [-0.05, 0) is 31.6 Å². The lowest BCUT2D eigenvalue weighted by molar-refractivity contribution is 0.360. The van der Waals surface area contributed by atoms with Crippen LogP contribution in [0.25, 0.3) is 0 Å². The molecule has 2 heteroatoms. The van der Waals surface area contributed by atoms with E-state index in [1.807, 2.05) is 0 Å². The van der Waals surface area contributed by atoms with Crippen molar-refractivity contribution in [1.29, 1.82) is 5.26 Å². The minimum Gasteiger partial charge on any atom is -0.294 e. The Hall–Kier alpha value is -0.840. The van der Waals surface area contributed by atoms with Crippen LogP contribution in [-0.4, -0.2) is 12.3 Å². The normalized spacial score (nSPS) is 33.8. The fourth-order valence-corrected chi connectivity index (χ4v) is 2.51. The van der Waals surface area contributed by atoms with Gasteiger partial charge in [-0.2, -0.15) is 5.26 Å². The van der Waals surface area contributed by atoms with Crippen LogP contribution in [0.4, 0.5) is 0 Å². The van der Waals surface area contributed by atoms with E-state index in [4.69, 9.17) is 5.26 Å². The van der Waals surface area contributed by atoms with Crippen molar-refractivity contribution < 1.29 is 0 Å². The first-order chi connectivity index (χ1) is 5.92. The van der Waals surface area contributed by atoms with Crippen molar-refractivity contribution in [2.75, 3.05) is 6.54 Å². The Labute approximate surface area is 73.3 Å². The third kappa shape index (κ3) is 1.24. The summed E-state index contributed by atoms with van der Waals surface area (Å²) in [5, 5.41) is 8.65. The summed E-state index contributed by atoms with van der Waals surface area (Å²) in [6.07, 6.45) is 5.65. The Morgan fingerprint density at radius 3 is 3.25 bits per heavy atom. The number of fused-ring (bicyclic) bond motifs is 1. The average molecular weight is 162 g/mol. The molecule has 0 bridgehead atoms. The van der Waals surface area contributed by atoms with Gasteiger partial charge in [0.25, 0.3) is 0 Å². The molecule has 0 aromatic heterocycles. The SMILES string of the molecule is N#CC[C@H]1CCCC2=NCC[C@@H]21. The van der Waals surface area contributed by atoms with Gasteiger partial charge in [-0.3, -0.25) is 4.99 Å². The maximum absolute atomic E-state index is 8.65. The molecule has 2 atom stereocenters. The lowest BCUT2D eigenvalue weighted by Gasteiger charge is -2.27. The van der Waals surface area contributed by atoms with E-state index in [9.17, 15) is 0 Å². The van der Waals surface area contributed by atoms with Crippen LogP contribution in [0.5, 0.6) is 0 Å². The fraction of sp³-hybridized carbons (Fsp3) is 0.800. The largest absolute Gasteiger partial charge is 0.294 e. The second-order valence-electron chi connectivity index (χ2n) is 3.78. The summed E-state index contributed by atoms with van der Waals surface area (Å²) < 4.78 is 0. The summed E-state index contributed by atoms with van der Waals surface area (Å²) in [6, 6.07) is 2.30. The van der Waals surface area contributed by atoms with E-state index < -0.39 is 0 Å². The average Bonchev–Trinajstić information content (AvgIpc) is 2.53. The van der Waals surface area contributed by atoms with Crippen LogP contribution in [0, 0.1) is 23.2 Å². The van der Waals surface area contributed by atoms with Crippen LogP contribution in [0.1, 0.15) is 32.1 Å². The van der Waals surface area contributed by atoms with Crippen LogP contribution >= 0.6 is 0 Å². The highest BCUT2D eigenvalue weighted by molar-refractivity contribution is 5.89. The molecule has 1 saturated carbocycles. The summed E-state index contributed by atoms with van der Waals surface area (Å²) in [7, 11) is 0. The molecule has 0 aromatic carbocycles. The predicted octanol–water partition coefficient (Wildman–Crippen LogP) is 2.16. The Morgan fingerprint density at radius 1 is 1.50 bits per heavy atom. The minimum absolute atomic E-state index is 0.630. The monoisotopic (exact) mass is 162 g/mol. The van der Waals surface area contributed by atoms with Crippen molar-refractivity contribution >= 4 is 5.71 Å². The number of nitriles is 1. The second-order valence-corrected chi connectivity index (χ2v) is 3.78. The van der Waals surface area contributed by atoms with Crippen molar-refractivity contribution in [1.82, 2.24) is 0 Å². The van der Waals surface area contributed by atoms with E-state index in [1.165, 1.54) is 31.4 Å². The lowest BCUT2D eigenvalue weighted by atomic mass is 9.76. The molecule has 1 heterocycles. The van der Waals surface area contributed by atoms with Crippen molar-refractivity contribution in [2.45, 2.75) is 32.1 Å². The summed E-state index contributed by atoms with van der Waals surface area (Å²) in [4.78, 5) is 4.50. The standard InChI is InChI=1S/C10H14N2/c11-6-4-8-2-1-3-10-9(8)5-7-12-10/h8-9H,1-5,7H2/t8-,9-/m1/s1. The molecule has 12 heavy (non-hydrogen) atoms. The van der Waals surface area contributed by atoms with Gasteiger partial charge in [-0.25, -0.2) is 0 Å². The zero-order valence-corrected chi connectivity index (χ0v) is 7.29.